The van der Waals surface area contributed by atoms with Gasteiger partial charge in [0.25, 0.3) is 0 Å². The van der Waals surface area contributed by atoms with Crippen LogP contribution in [-0.2, 0) is 6.42 Å². The number of hydrogen-bond acceptors (Lipinski definition) is 2. The van der Waals surface area contributed by atoms with Gasteiger partial charge in [-0.2, -0.15) is 0 Å². The molecule has 0 aliphatic carbocycles. The maximum absolute atomic E-state index is 5.50. The van der Waals surface area contributed by atoms with Crippen LogP contribution in [-0.4, -0.2) is 14.2 Å². The summed E-state index contributed by atoms with van der Waals surface area (Å²) in [5.74, 6) is 0.935. The second-order valence-corrected chi connectivity index (χ2v) is 5.84. The van der Waals surface area contributed by atoms with Crippen LogP contribution >= 0.6 is 15.9 Å². The molecule has 0 aromatic heterocycles. The Morgan fingerprint density at radius 3 is 2.65 bits per heavy atom. The summed E-state index contributed by atoms with van der Waals surface area (Å²) in [6, 6.07) is 15.0. The number of aryl methyl sites for hydroxylation is 1. The smallest absolute Gasteiger partial charge is 0.123 e. The Kier molecular flexibility index (Phi) is 5.21. The van der Waals surface area contributed by atoms with E-state index in [2.05, 4.69) is 58.5 Å². The Balaban J connectivity index is 2.30. The van der Waals surface area contributed by atoms with Gasteiger partial charge in [-0.3, -0.25) is 0 Å². The number of rotatable bonds is 5. The van der Waals surface area contributed by atoms with Crippen molar-refractivity contribution in [1.29, 1.82) is 0 Å². The maximum atomic E-state index is 5.50. The second-order valence-electron chi connectivity index (χ2n) is 4.92. The SMILES string of the molecule is CNC(Cc1cccc(Br)c1)c1cc(C)ccc1OC. The van der Waals surface area contributed by atoms with Gasteiger partial charge in [-0.05, 0) is 44.2 Å². The Morgan fingerprint density at radius 2 is 2.00 bits per heavy atom. The lowest BCUT2D eigenvalue weighted by atomic mass is 9.97. The highest BCUT2D eigenvalue weighted by molar-refractivity contribution is 9.10. The van der Waals surface area contributed by atoms with Gasteiger partial charge in [-0.1, -0.05) is 45.8 Å². The molecule has 1 N–H and O–H groups in total. The molecule has 3 heteroatoms. The number of nitrogens with one attached hydrogen (secondary N) is 1. The van der Waals surface area contributed by atoms with Gasteiger partial charge in [-0.25, -0.2) is 0 Å². The number of methoxy groups -OCH3 is 1. The normalized spacial score (nSPS) is 12.2. The van der Waals surface area contributed by atoms with Crippen molar-refractivity contribution in [2.45, 2.75) is 19.4 Å². The van der Waals surface area contributed by atoms with Crippen LogP contribution in [0.5, 0.6) is 5.75 Å². The fraction of sp³-hybridized carbons (Fsp3) is 0.294. The summed E-state index contributed by atoms with van der Waals surface area (Å²) in [5.41, 5.74) is 3.74. The highest BCUT2D eigenvalue weighted by Crippen LogP contribution is 2.29. The van der Waals surface area contributed by atoms with E-state index in [4.69, 9.17) is 4.74 Å². The first kappa shape index (κ1) is 15.1. The first-order chi connectivity index (χ1) is 9.63. The third kappa shape index (κ3) is 3.62. The zero-order valence-electron chi connectivity index (χ0n) is 12.1. The van der Waals surface area contributed by atoms with Gasteiger partial charge >= 0.3 is 0 Å². The summed E-state index contributed by atoms with van der Waals surface area (Å²) >= 11 is 3.52. The van der Waals surface area contributed by atoms with Gasteiger partial charge in [0.2, 0.25) is 0 Å². The van der Waals surface area contributed by atoms with Crippen molar-refractivity contribution in [3.05, 3.63) is 63.6 Å². The lowest BCUT2D eigenvalue weighted by molar-refractivity contribution is 0.401. The summed E-state index contributed by atoms with van der Waals surface area (Å²) < 4.78 is 6.61. The molecule has 0 aliphatic heterocycles. The Labute approximate surface area is 129 Å². The number of likely N-dealkylation sites (N-methyl/N-ethyl adjacent to an activating group) is 1. The average molecular weight is 334 g/mol. The Morgan fingerprint density at radius 1 is 1.20 bits per heavy atom. The van der Waals surface area contributed by atoms with E-state index in [-0.39, 0.29) is 6.04 Å². The number of halogens is 1. The summed E-state index contributed by atoms with van der Waals surface area (Å²) in [6.45, 7) is 2.11. The molecular formula is C17H20BrNO. The van der Waals surface area contributed by atoms with Gasteiger partial charge in [0.1, 0.15) is 5.75 Å². The fourth-order valence-corrected chi connectivity index (χ4v) is 2.84. The van der Waals surface area contributed by atoms with Crippen molar-refractivity contribution < 1.29 is 4.74 Å². The Hall–Kier alpha value is -1.32. The van der Waals surface area contributed by atoms with E-state index in [1.807, 2.05) is 19.2 Å². The predicted molar refractivity (Wildman–Crippen MR) is 87.4 cm³/mol. The molecule has 1 unspecified atom stereocenters. The fourth-order valence-electron chi connectivity index (χ4n) is 2.39. The van der Waals surface area contributed by atoms with Crippen molar-refractivity contribution in [3.8, 4) is 5.75 Å². The van der Waals surface area contributed by atoms with E-state index < -0.39 is 0 Å². The minimum atomic E-state index is 0.235. The lowest BCUT2D eigenvalue weighted by Crippen LogP contribution is -2.19. The summed E-state index contributed by atoms with van der Waals surface area (Å²) in [5, 5.41) is 3.39. The second kappa shape index (κ2) is 6.91. The van der Waals surface area contributed by atoms with E-state index in [9.17, 15) is 0 Å². The van der Waals surface area contributed by atoms with Crippen LogP contribution < -0.4 is 10.1 Å². The lowest BCUT2D eigenvalue weighted by Gasteiger charge is -2.20. The van der Waals surface area contributed by atoms with Crippen molar-refractivity contribution >= 4 is 15.9 Å². The largest absolute Gasteiger partial charge is 0.496 e. The highest BCUT2D eigenvalue weighted by Gasteiger charge is 2.15. The molecule has 0 aliphatic rings. The topological polar surface area (TPSA) is 21.3 Å². The summed E-state index contributed by atoms with van der Waals surface area (Å²) in [6.07, 6.45) is 0.926. The molecule has 0 saturated heterocycles. The molecule has 2 rings (SSSR count). The van der Waals surface area contributed by atoms with Crippen LogP contribution in [0.3, 0.4) is 0 Å². The zero-order valence-corrected chi connectivity index (χ0v) is 13.7. The predicted octanol–water partition coefficient (Wildman–Crippen LogP) is 4.27. The monoisotopic (exact) mass is 333 g/mol. The van der Waals surface area contributed by atoms with Crippen LogP contribution in [0.1, 0.15) is 22.7 Å². The minimum Gasteiger partial charge on any atom is -0.496 e. The molecule has 0 amide bonds. The molecule has 0 heterocycles. The van der Waals surface area contributed by atoms with E-state index in [1.54, 1.807) is 7.11 Å². The third-order valence-electron chi connectivity index (χ3n) is 3.44. The van der Waals surface area contributed by atoms with Crippen LogP contribution in [0.4, 0.5) is 0 Å². The summed E-state index contributed by atoms with van der Waals surface area (Å²) in [7, 11) is 3.71. The minimum absolute atomic E-state index is 0.235. The molecule has 2 nitrogen and oxygen atoms in total. The molecule has 20 heavy (non-hydrogen) atoms. The molecule has 0 spiro atoms. The molecular weight excluding hydrogens is 314 g/mol. The zero-order chi connectivity index (χ0) is 14.5. The number of ether oxygens (including phenoxy) is 1. The molecule has 0 fully saturated rings. The third-order valence-corrected chi connectivity index (χ3v) is 3.93. The standard InChI is InChI=1S/C17H20BrNO/c1-12-7-8-17(20-3)15(9-12)16(19-2)11-13-5-4-6-14(18)10-13/h4-10,16,19H,11H2,1-3H3. The average Bonchev–Trinajstić information content (AvgIpc) is 2.45. The molecule has 1 atom stereocenters. The first-order valence-corrected chi connectivity index (χ1v) is 7.49. The van der Waals surface area contributed by atoms with E-state index >= 15 is 0 Å². The van der Waals surface area contributed by atoms with Gasteiger partial charge in [-0.15, -0.1) is 0 Å². The molecule has 0 bridgehead atoms. The molecule has 2 aromatic rings. The first-order valence-electron chi connectivity index (χ1n) is 6.70. The van der Waals surface area contributed by atoms with Crippen LogP contribution in [0.15, 0.2) is 46.9 Å². The van der Waals surface area contributed by atoms with Crippen molar-refractivity contribution in [1.82, 2.24) is 5.32 Å². The van der Waals surface area contributed by atoms with E-state index in [0.29, 0.717) is 0 Å². The van der Waals surface area contributed by atoms with Gasteiger partial charge in [0.15, 0.2) is 0 Å². The molecule has 106 valence electrons. The van der Waals surface area contributed by atoms with Crippen LogP contribution in [0, 0.1) is 6.92 Å². The molecule has 0 saturated carbocycles. The summed E-state index contributed by atoms with van der Waals surface area (Å²) in [4.78, 5) is 0. The van der Waals surface area contributed by atoms with E-state index in [1.165, 1.54) is 16.7 Å². The maximum Gasteiger partial charge on any atom is 0.123 e. The van der Waals surface area contributed by atoms with Crippen LogP contribution in [0.2, 0.25) is 0 Å². The van der Waals surface area contributed by atoms with Gasteiger partial charge in [0.05, 0.1) is 7.11 Å². The molecule has 0 radical (unpaired) electrons. The number of benzene rings is 2. The van der Waals surface area contributed by atoms with Gasteiger partial charge in [0, 0.05) is 16.1 Å². The van der Waals surface area contributed by atoms with Crippen LogP contribution in [0.25, 0.3) is 0 Å². The quantitative estimate of drug-likeness (QED) is 0.882. The van der Waals surface area contributed by atoms with Crippen molar-refractivity contribution in [2.24, 2.45) is 0 Å². The molecule has 2 aromatic carbocycles. The number of hydrogen-bond donors (Lipinski definition) is 1. The van der Waals surface area contributed by atoms with Gasteiger partial charge < -0.3 is 10.1 Å². The Bertz CT molecular complexity index is 583. The van der Waals surface area contributed by atoms with Crippen molar-refractivity contribution in [3.63, 3.8) is 0 Å². The van der Waals surface area contributed by atoms with E-state index in [0.717, 1.165) is 16.6 Å². The highest BCUT2D eigenvalue weighted by atomic mass is 79.9. The van der Waals surface area contributed by atoms with Crippen molar-refractivity contribution in [2.75, 3.05) is 14.2 Å².